The highest BCUT2D eigenvalue weighted by molar-refractivity contribution is 5.53. The fraction of sp³-hybridized carbons (Fsp3) is 0.467. The lowest BCUT2D eigenvalue weighted by Gasteiger charge is -2.19. The van der Waals surface area contributed by atoms with Crippen LogP contribution in [-0.2, 0) is 6.54 Å². The molecular formula is C15H19N3O. The molecule has 3 rings (SSSR count). The third-order valence-corrected chi connectivity index (χ3v) is 3.56. The number of hydrogen-bond acceptors (Lipinski definition) is 4. The Morgan fingerprint density at radius 3 is 2.79 bits per heavy atom. The molecule has 1 fully saturated rings. The fourth-order valence-electron chi connectivity index (χ4n) is 2.36. The van der Waals surface area contributed by atoms with E-state index in [0.717, 1.165) is 5.82 Å². The van der Waals surface area contributed by atoms with Crippen LogP contribution in [0, 0.1) is 13.8 Å². The number of aromatic nitrogens is 2. The maximum atomic E-state index is 5.32. The van der Waals surface area contributed by atoms with Gasteiger partial charge in [-0.2, -0.15) is 4.98 Å². The van der Waals surface area contributed by atoms with Gasteiger partial charge in [-0.1, -0.05) is 22.9 Å². The number of benzene rings is 1. The van der Waals surface area contributed by atoms with Crippen LogP contribution in [0.3, 0.4) is 0 Å². The summed E-state index contributed by atoms with van der Waals surface area (Å²) in [6, 6.07) is 6.46. The van der Waals surface area contributed by atoms with Crippen molar-refractivity contribution in [2.45, 2.75) is 39.2 Å². The molecule has 0 radical (unpaired) electrons. The van der Waals surface area contributed by atoms with Crippen molar-refractivity contribution in [1.29, 1.82) is 0 Å². The zero-order valence-corrected chi connectivity index (χ0v) is 11.7. The standard InChI is InChI=1S/C15H19N3O/c1-10-4-7-13(11(2)8-10)18(3)9-14-16-15(17-19-14)12-5-6-12/h4,7-8,12H,5-6,9H2,1-3H3. The molecule has 2 aromatic rings. The molecule has 0 bridgehead atoms. The van der Waals surface area contributed by atoms with E-state index in [1.165, 1.54) is 29.7 Å². The lowest BCUT2D eigenvalue weighted by molar-refractivity contribution is 0.373. The van der Waals surface area contributed by atoms with Crippen LogP contribution in [0.5, 0.6) is 0 Å². The van der Waals surface area contributed by atoms with Crippen molar-refractivity contribution < 1.29 is 4.52 Å². The van der Waals surface area contributed by atoms with Gasteiger partial charge in [-0.25, -0.2) is 0 Å². The van der Waals surface area contributed by atoms with E-state index < -0.39 is 0 Å². The minimum atomic E-state index is 0.545. The molecule has 0 amide bonds. The van der Waals surface area contributed by atoms with Crippen molar-refractivity contribution in [2.24, 2.45) is 0 Å². The molecule has 0 atom stereocenters. The molecule has 0 aliphatic heterocycles. The van der Waals surface area contributed by atoms with Gasteiger partial charge in [0.25, 0.3) is 0 Å². The first-order valence-electron chi connectivity index (χ1n) is 6.74. The minimum absolute atomic E-state index is 0.545. The first-order valence-corrected chi connectivity index (χ1v) is 6.74. The molecule has 1 aliphatic carbocycles. The Bertz CT molecular complexity index is 587. The van der Waals surface area contributed by atoms with E-state index in [9.17, 15) is 0 Å². The van der Waals surface area contributed by atoms with E-state index in [1.807, 2.05) is 0 Å². The smallest absolute Gasteiger partial charge is 0.246 e. The molecule has 4 heteroatoms. The van der Waals surface area contributed by atoms with Crippen molar-refractivity contribution >= 4 is 5.69 Å². The molecule has 0 unspecified atom stereocenters. The summed E-state index contributed by atoms with van der Waals surface area (Å²) in [5.74, 6) is 2.12. The topological polar surface area (TPSA) is 42.2 Å². The Morgan fingerprint density at radius 2 is 2.11 bits per heavy atom. The highest BCUT2D eigenvalue weighted by atomic mass is 16.5. The van der Waals surface area contributed by atoms with Crippen LogP contribution in [0.15, 0.2) is 22.7 Å². The second-order valence-corrected chi connectivity index (χ2v) is 5.47. The number of nitrogens with zero attached hydrogens (tertiary/aromatic N) is 3. The Labute approximate surface area is 113 Å². The van der Waals surface area contributed by atoms with Crippen molar-refractivity contribution in [3.8, 4) is 0 Å². The average molecular weight is 257 g/mol. The predicted molar refractivity (Wildman–Crippen MR) is 74.3 cm³/mol. The number of rotatable bonds is 4. The van der Waals surface area contributed by atoms with Gasteiger partial charge in [0.1, 0.15) is 0 Å². The third-order valence-electron chi connectivity index (χ3n) is 3.56. The van der Waals surface area contributed by atoms with E-state index in [4.69, 9.17) is 4.52 Å². The summed E-state index contributed by atoms with van der Waals surface area (Å²) < 4.78 is 5.32. The molecule has 1 aliphatic rings. The van der Waals surface area contributed by atoms with Crippen LogP contribution >= 0.6 is 0 Å². The summed E-state index contributed by atoms with van der Waals surface area (Å²) in [7, 11) is 2.05. The average Bonchev–Trinajstić information content (AvgIpc) is 3.10. The molecule has 100 valence electrons. The van der Waals surface area contributed by atoms with Gasteiger partial charge in [-0.15, -0.1) is 0 Å². The number of aryl methyl sites for hydroxylation is 2. The van der Waals surface area contributed by atoms with Crippen LogP contribution < -0.4 is 4.90 Å². The van der Waals surface area contributed by atoms with E-state index in [1.54, 1.807) is 0 Å². The van der Waals surface area contributed by atoms with Gasteiger partial charge in [0.15, 0.2) is 5.82 Å². The van der Waals surface area contributed by atoms with Crippen LogP contribution in [0.2, 0.25) is 0 Å². The van der Waals surface area contributed by atoms with Gasteiger partial charge in [0.2, 0.25) is 5.89 Å². The van der Waals surface area contributed by atoms with Crippen LogP contribution in [-0.4, -0.2) is 17.2 Å². The van der Waals surface area contributed by atoms with Crippen molar-refractivity contribution in [3.05, 3.63) is 41.0 Å². The predicted octanol–water partition coefficient (Wildman–Crippen LogP) is 3.20. The second-order valence-electron chi connectivity index (χ2n) is 5.47. The molecule has 0 N–H and O–H groups in total. The molecule has 1 heterocycles. The molecular weight excluding hydrogens is 238 g/mol. The van der Waals surface area contributed by atoms with E-state index in [2.05, 4.69) is 54.1 Å². The summed E-state index contributed by atoms with van der Waals surface area (Å²) >= 11 is 0. The third kappa shape index (κ3) is 2.62. The highest BCUT2D eigenvalue weighted by Crippen LogP contribution is 2.38. The van der Waals surface area contributed by atoms with Crippen LogP contribution in [0.1, 0.15) is 41.6 Å². The van der Waals surface area contributed by atoms with Crippen molar-refractivity contribution in [1.82, 2.24) is 10.1 Å². The Hall–Kier alpha value is -1.84. The largest absolute Gasteiger partial charge is 0.365 e. The monoisotopic (exact) mass is 257 g/mol. The first kappa shape index (κ1) is 12.2. The number of hydrogen-bond donors (Lipinski definition) is 0. The van der Waals surface area contributed by atoms with Crippen LogP contribution in [0.25, 0.3) is 0 Å². The lowest BCUT2D eigenvalue weighted by atomic mass is 10.1. The Kier molecular flexibility index (Phi) is 3.01. The zero-order valence-electron chi connectivity index (χ0n) is 11.7. The van der Waals surface area contributed by atoms with Gasteiger partial charge < -0.3 is 9.42 Å². The van der Waals surface area contributed by atoms with Gasteiger partial charge in [0.05, 0.1) is 6.54 Å². The normalized spacial score (nSPS) is 14.7. The van der Waals surface area contributed by atoms with E-state index >= 15 is 0 Å². The molecule has 1 aromatic carbocycles. The van der Waals surface area contributed by atoms with Gasteiger partial charge in [-0.3, -0.25) is 0 Å². The zero-order chi connectivity index (χ0) is 13.4. The van der Waals surface area contributed by atoms with Gasteiger partial charge in [0, 0.05) is 18.7 Å². The maximum Gasteiger partial charge on any atom is 0.246 e. The highest BCUT2D eigenvalue weighted by Gasteiger charge is 2.28. The summed E-state index contributed by atoms with van der Waals surface area (Å²) in [5.41, 5.74) is 3.75. The van der Waals surface area contributed by atoms with E-state index in [0.29, 0.717) is 18.4 Å². The summed E-state index contributed by atoms with van der Waals surface area (Å²) in [5, 5.41) is 4.05. The fourth-order valence-corrected chi connectivity index (χ4v) is 2.36. The second kappa shape index (κ2) is 4.68. The maximum absolute atomic E-state index is 5.32. The summed E-state index contributed by atoms with van der Waals surface area (Å²) in [4.78, 5) is 6.62. The van der Waals surface area contributed by atoms with Crippen LogP contribution in [0.4, 0.5) is 5.69 Å². The summed E-state index contributed by atoms with van der Waals surface area (Å²) in [6.45, 7) is 4.89. The van der Waals surface area contributed by atoms with E-state index in [-0.39, 0.29) is 0 Å². The van der Waals surface area contributed by atoms with Gasteiger partial charge >= 0.3 is 0 Å². The quantitative estimate of drug-likeness (QED) is 0.843. The Morgan fingerprint density at radius 1 is 1.32 bits per heavy atom. The lowest BCUT2D eigenvalue weighted by Crippen LogP contribution is -2.17. The SMILES string of the molecule is Cc1ccc(N(C)Cc2nc(C3CC3)no2)c(C)c1. The summed E-state index contributed by atoms with van der Waals surface area (Å²) in [6.07, 6.45) is 2.40. The molecule has 1 aromatic heterocycles. The first-order chi connectivity index (χ1) is 9.13. The van der Waals surface area contributed by atoms with Crippen molar-refractivity contribution in [3.63, 3.8) is 0 Å². The molecule has 0 saturated heterocycles. The van der Waals surface area contributed by atoms with Gasteiger partial charge in [-0.05, 0) is 38.3 Å². The number of anilines is 1. The Balaban J connectivity index is 1.73. The molecule has 0 spiro atoms. The van der Waals surface area contributed by atoms with Crippen molar-refractivity contribution in [2.75, 3.05) is 11.9 Å². The molecule has 19 heavy (non-hydrogen) atoms. The minimum Gasteiger partial charge on any atom is -0.365 e. The molecule has 4 nitrogen and oxygen atoms in total. The molecule has 1 saturated carbocycles.